The molecule has 0 aliphatic rings. The summed E-state index contributed by atoms with van der Waals surface area (Å²) in [6, 6.07) is 0. The Balaban J connectivity index is 3.75. The Kier molecular flexibility index (Phi) is 44.8. The van der Waals surface area contributed by atoms with Crippen molar-refractivity contribution in [2.45, 2.75) is 284 Å². The molecule has 0 aromatic carbocycles. The molecule has 330 valence electrons. The average molecular weight is 787 g/mol. The maximum absolute atomic E-state index is 12.7. The summed E-state index contributed by atoms with van der Waals surface area (Å²) in [6.45, 7) is 9.75. The van der Waals surface area contributed by atoms with E-state index in [0.717, 1.165) is 63.7 Å². The SMILES string of the molecule is CCCCCC=CCC=CCCCCCCCC(=O)OC(CCCCCC)CCCCCCCCCCC(=O)OCCCCCCCCCCCCCC(C)C. The number of carbonyl (C=O) groups excluding carboxylic acids is 2. The van der Waals surface area contributed by atoms with Crippen molar-refractivity contribution in [1.82, 2.24) is 0 Å². The second-order valence-electron chi connectivity index (χ2n) is 17.6. The van der Waals surface area contributed by atoms with Gasteiger partial charge in [-0.05, 0) is 83.0 Å². The zero-order chi connectivity index (χ0) is 40.8. The van der Waals surface area contributed by atoms with Crippen molar-refractivity contribution in [2.24, 2.45) is 5.92 Å². The van der Waals surface area contributed by atoms with Crippen molar-refractivity contribution in [2.75, 3.05) is 6.61 Å². The van der Waals surface area contributed by atoms with E-state index in [1.165, 1.54) is 180 Å². The van der Waals surface area contributed by atoms with E-state index in [9.17, 15) is 9.59 Å². The molecule has 0 spiro atoms. The van der Waals surface area contributed by atoms with Gasteiger partial charge < -0.3 is 9.47 Å². The van der Waals surface area contributed by atoms with Crippen LogP contribution in [0.1, 0.15) is 278 Å². The molecule has 4 heteroatoms. The standard InChI is InChI=1S/C52H98O4/c1-5-7-9-11-12-13-14-15-16-17-20-23-30-35-41-47-52(54)56-50(44-38-10-8-6-2)45-39-33-28-24-25-29-34-40-46-51(53)55-48-42-36-31-26-21-18-19-22-27-32-37-43-49(3)4/h12-13,15-16,49-50H,5-11,14,17-48H2,1-4H3. The summed E-state index contributed by atoms with van der Waals surface area (Å²) in [6.07, 6.45) is 56.1. The maximum atomic E-state index is 12.7. The molecule has 56 heavy (non-hydrogen) atoms. The first kappa shape index (κ1) is 54.4. The van der Waals surface area contributed by atoms with E-state index in [0.29, 0.717) is 19.4 Å². The Morgan fingerprint density at radius 2 is 0.786 bits per heavy atom. The molecule has 0 aliphatic heterocycles. The van der Waals surface area contributed by atoms with Gasteiger partial charge in [-0.15, -0.1) is 0 Å². The predicted octanol–water partition coefficient (Wildman–Crippen LogP) is 17.5. The second kappa shape index (κ2) is 46.1. The van der Waals surface area contributed by atoms with Gasteiger partial charge >= 0.3 is 11.9 Å². The molecule has 0 saturated carbocycles. The van der Waals surface area contributed by atoms with E-state index in [4.69, 9.17) is 9.47 Å². The molecule has 0 heterocycles. The molecule has 1 unspecified atom stereocenters. The van der Waals surface area contributed by atoms with Gasteiger partial charge in [0.1, 0.15) is 6.10 Å². The fourth-order valence-corrected chi connectivity index (χ4v) is 7.59. The molecule has 0 aliphatic carbocycles. The van der Waals surface area contributed by atoms with Crippen LogP contribution in [0.15, 0.2) is 24.3 Å². The molecule has 0 aromatic heterocycles. The van der Waals surface area contributed by atoms with Crippen molar-refractivity contribution in [3.63, 3.8) is 0 Å². The van der Waals surface area contributed by atoms with Crippen molar-refractivity contribution < 1.29 is 19.1 Å². The summed E-state index contributed by atoms with van der Waals surface area (Å²) in [4.78, 5) is 24.8. The minimum absolute atomic E-state index is 0.00523. The third-order valence-electron chi connectivity index (χ3n) is 11.4. The van der Waals surface area contributed by atoms with E-state index >= 15 is 0 Å². The van der Waals surface area contributed by atoms with E-state index in [1.807, 2.05) is 0 Å². The smallest absolute Gasteiger partial charge is 0.306 e. The molecule has 0 saturated heterocycles. The summed E-state index contributed by atoms with van der Waals surface area (Å²) >= 11 is 0. The summed E-state index contributed by atoms with van der Waals surface area (Å²) in [5.74, 6) is 0.872. The Morgan fingerprint density at radius 1 is 0.411 bits per heavy atom. The van der Waals surface area contributed by atoms with Crippen LogP contribution in [0.3, 0.4) is 0 Å². The van der Waals surface area contributed by atoms with Crippen LogP contribution in [-0.4, -0.2) is 24.6 Å². The normalized spacial score (nSPS) is 12.4. The largest absolute Gasteiger partial charge is 0.466 e. The van der Waals surface area contributed by atoms with Crippen LogP contribution in [0.5, 0.6) is 0 Å². The highest BCUT2D eigenvalue weighted by Crippen LogP contribution is 2.19. The van der Waals surface area contributed by atoms with Gasteiger partial charge in [0.2, 0.25) is 0 Å². The number of unbranched alkanes of at least 4 members (excludes halogenated alkanes) is 28. The highest BCUT2D eigenvalue weighted by atomic mass is 16.5. The van der Waals surface area contributed by atoms with Gasteiger partial charge in [-0.1, -0.05) is 213 Å². The lowest BCUT2D eigenvalue weighted by Gasteiger charge is -2.18. The highest BCUT2D eigenvalue weighted by molar-refractivity contribution is 5.69. The number of ether oxygens (including phenoxy) is 2. The Hall–Kier alpha value is -1.58. The zero-order valence-electron chi connectivity index (χ0n) is 38.4. The van der Waals surface area contributed by atoms with Crippen LogP contribution in [-0.2, 0) is 19.1 Å². The summed E-state index contributed by atoms with van der Waals surface area (Å²) in [7, 11) is 0. The number of carbonyl (C=O) groups is 2. The van der Waals surface area contributed by atoms with E-state index in [2.05, 4.69) is 52.0 Å². The highest BCUT2D eigenvalue weighted by Gasteiger charge is 2.14. The van der Waals surface area contributed by atoms with Crippen molar-refractivity contribution in [3.8, 4) is 0 Å². The van der Waals surface area contributed by atoms with E-state index < -0.39 is 0 Å². The van der Waals surface area contributed by atoms with Gasteiger partial charge in [-0.2, -0.15) is 0 Å². The summed E-state index contributed by atoms with van der Waals surface area (Å²) < 4.78 is 11.5. The Labute approximate surface area is 351 Å². The molecule has 0 radical (unpaired) electrons. The van der Waals surface area contributed by atoms with Crippen LogP contribution in [0.25, 0.3) is 0 Å². The van der Waals surface area contributed by atoms with Crippen LogP contribution in [0.4, 0.5) is 0 Å². The monoisotopic (exact) mass is 787 g/mol. The molecule has 0 N–H and O–H groups in total. The third-order valence-corrected chi connectivity index (χ3v) is 11.4. The fourth-order valence-electron chi connectivity index (χ4n) is 7.59. The first-order valence-electron chi connectivity index (χ1n) is 25.1. The Morgan fingerprint density at radius 3 is 1.29 bits per heavy atom. The van der Waals surface area contributed by atoms with Gasteiger partial charge in [0.25, 0.3) is 0 Å². The lowest BCUT2D eigenvalue weighted by atomic mass is 10.0. The van der Waals surface area contributed by atoms with Gasteiger partial charge in [0, 0.05) is 12.8 Å². The van der Waals surface area contributed by atoms with Gasteiger partial charge in [-0.3, -0.25) is 9.59 Å². The number of esters is 2. The lowest BCUT2D eigenvalue weighted by molar-refractivity contribution is -0.150. The predicted molar refractivity (Wildman–Crippen MR) is 245 cm³/mol. The molecule has 0 bridgehead atoms. The van der Waals surface area contributed by atoms with E-state index in [1.54, 1.807) is 0 Å². The molecule has 0 rings (SSSR count). The quantitative estimate of drug-likeness (QED) is 0.0350. The van der Waals surface area contributed by atoms with Crippen LogP contribution in [0, 0.1) is 5.92 Å². The minimum atomic E-state index is -0.00523. The molecule has 0 fully saturated rings. The first-order chi connectivity index (χ1) is 27.5. The van der Waals surface area contributed by atoms with Gasteiger partial charge in [0.15, 0.2) is 0 Å². The molecular formula is C52H98O4. The zero-order valence-corrected chi connectivity index (χ0v) is 38.4. The number of allylic oxidation sites excluding steroid dienone is 4. The van der Waals surface area contributed by atoms with Crippen LogP contribution >= 0.6 is 0 Å². The molecular weight excluding hydrogens is 689 g/mol. The van der Waals surface area contributed by atoms with Crippen molar-refractivity contribution in [1.29, 1.82) is 0 Å². The topological polar surface area (TPSA) is 52.6 Å². The minimum Gasteiger partial charge on any atom is -0.466 e. The number of hydrogen-bond donors (Lipinski definition) is 0. The number of hydrogen-bond acceptors (Lipinski definition) is 4. The maximum Gasteiger partial charge on any atom is 0.306 e. The lowest BCUT2D eigenvalue weighted by Crippen LogP contribution is -2.18. The van der Waals surface area contributed by atoms with Gasteiger partial charge in [-0.25, -0.2) is 0 Å². The van der Waals surface area contributed by atoms with E-state index in [-0.39, 0.29) is 18.0 Å². The third kappa shape index (κ3) is 45.1. The van der Waals surface area contributed by atoms with Crippen molar-refractivity contribution in [3.05, 3.63) is 24.3 Å². The van der Waals surface area contributed by atoms with Crippen LogP contribution in [0.2, 0.25) is 0 Å². The summed E-state index contributed by atoms with van der Waals surface area (Å²) in [5.41, 5.74) is 0. The first-order valence-corrected chi connectivity index (χ1v) is 25.1. The second-order valence-corrected chi connectivity index (χ2v) is 17.6. The summed E-state index contributed by atoms with van der Waals surface area (Å²) in [5, 5.41) is 0. The molecule has 4 nitrogen and oxygen atoms in total. The average Bonchev–Trinajstić information content (AvgIpc) is 3.18. The Bertz CT molecular complexity index is 861. The molecule has 0 aromatic rings. The molecule has 1 atom stereocenters. The van der Waals surface area contributed by atoms with Crippen molar-refractivity contribution >= 4 is 11.9 Å². The van der Waals surface area contributed by atoms with Crippen LogP contribution < -0.4 is 0 Å². The molecule has 0 amide bonds. The number of rotatable bonds is 45. The fraction of sp³-hybridized carbons (Fsp3) is 0.885. The van der Waals surface area contributed by atoms with Gasteiger partial charge in [0.05, 0.1) is 6.61 Å².